The van der Waals surface area contributed by atoms with Crippen molar-refractivity contribution in [2.75, 3.05) is 6.61 Å². The number of fused-ring (bicyclic) bond motifs is 3. The van der Waals surface area contributed by atoms with Crippen molar-refractivity contribution in [2.24, 2.45) is 44.8 Å². The SMILES string of the molecule is C/C(=C\[C@@H]1C[C@@](O)([C@@H]2CC[C@]34C[C@]23C=C[C@@H]2[C@@]3(C)CC=C(/C=C/c5ccccc5)C(C)(C)[C@@H]3CC(=O)[C@]24C)C(=O)O1)CO. The lowest BCUT2D eigenvalue weighted by Crippen LogP contribution is -2.62. The third kappa shape index (κ3) is 3.58. The number of aliphatic hydroxyl groups is 2. The van der Waals surface area contributed by atoms with Crippen molar-refractivity contribution in [1.82, 2.24) is 0 Å². The number of carbonyl (C=O) groups excluding carboxylic acids is 2. The molecule has 43 heavy (non-hydrogen) atoms. The number of hydrogen-bond acceptors (Lipinski definition) is 5. The molecule has 4 fully saturated rings. The molecule has 0 unspecified atom stereocenters. The summed E-state index contributed by atoms with van der Waals surface area (Å²) in [5, 5.41) is 21.4. The maximum absolute atomic E-state index is 14.6. The Hall–Kier alpha value is -2.76. The van der Waals surface area contributed by atoms with Gasteiger partial charge in [-0.15, -0.1) is 0 Å². The van der Waals surface area contributed by atoms with Gasteiger partial charge in [0.05, 0.1) is 6.61 Å². The molecule has 0 spiro atoms. The number of cyclic esters (lactones) is 1. The van der Waals surface area contributed by atoms with Gasteiger partial charge in [-0.3, -0.25) is 4.79 Å². The van der Waals surface area contributed by atoms with Crippen molar-refractivity contribution < 1.29 is 24.5 Å². The van der Waals surface area contributed by atoms with Crippen LogP contribution in [0, 0.1) is 44.8 Å². The van der Waals surface area contributed by atoms with Crippen molar-refractivity contribution in [3.63, 3.8) is 0 Å². The first-order chi connectivity index (χ1) is 20.3. The zero-order valence-electron chi connectivity index (χ0n) is 26.2. The normalized spacial score (nSPS) is 46.1. The minimum atomic E-state index is -1.58. The molecular weight excluding hydrogens is 536 g/mol. The van der Waals surface area contributed by atoms with E-state index in [-0.39, 0.29) is 52.4 Å². The van der Waals surface area contributed by atoms with Gasteiger partial charge in [0.15, 0.2) is 5.60 Å². The van der Waals surface area contributed by atoms with E-state index in [2.05, 4.69) is 82.3 Å². The standard InChI is InChI=1S/C38H46O5/c1-24(22-39)19-27-21-38(42,32(41)43-27)29-15-18-37-23-36(29,37)17-14-28-34(4)16-13-26(12-11-25-9-7-6-8-10-25)33(2,3)30(34)20-31(40)35(28,37)5/h6-14,17,19,27-30,39,42H,15-16,18,20-23H2,1-5H3/b12-11+,24-19+/t27-,28-,29-,30+,34-,35+,36-,37-,38-/m1/s1. The molecule has 0 aromatic heterocycles. The van der Waals surface area contributed by atoms with Crippen LogP contribution < -0.4 is 0 Å². The van der Waals surface area contributed by atoms with E-state index in [1.807, 2.05) is 6.07 Å². The van der Waals surface area contributed by atoms with E-state index in [9.17, 15) is 19.8 Å². The van der Waals surface area contributed by atoms with Gasteiger partial charge in [-0.05, 0) is 83.5 Å². The van der Waals surface area contributed by atoms with Gasteiger partial charge in [-0.25, -0.2) is 4.79 Å². The van der Waals surface area contributed by atoms with Gasteiger partial charge >= 0.3 is 5.97 Å². The Morgan fingerprint density at radius 2 is 1.81 bits per heavy atom. The van der Waals surface area contributed by atoms with Gasteiger partial charge in [-0.2, -0.15) is 0 Å². The van der Waals surface area contributed by atoms with Gasteiger partial charge in [0.25, 0.3) is 0 Å². The summed E-state index contributed by atoms with van der Waals surface area (Å²) in [4.78, 5) is 27.9. The summed E-state index contributed by atoms with van der Waals surface area (Å²) in [6.45, 7) is 11.0. The first kappa shape index (κ1) is 29.0. The predicted molar refractivity (Wildman–Crippen MR) is 166 cm³/mol. The number of allylic oxidation sites excluding steroid dienone is 5. The molecule has 5 heteroatoms. The molecular formula is C38H46O5. The molecule has 1 heterocycles. The van der Waals surface area contributed by atoms with E-state index >= 15 is 0 Å². The summed E-state index contributed by atoms with van der Waals surface area (Å²) in [6.07, 6.45) is 16.8. The number of Topliss-reactive ketones (excluding diaryl/α,β-unsaturated/α-hetero) is 1. The topological polar surface area (TPSA) is 83.8 Å². The van der Waals surface area contributed by atoms with Crippen LogP contribution in [0.3, 0.4) is 0 Å². The Labute approximate surface area is 255 Å². The highest BCUT2D eigenvalue weighted by Crippen LogP contribution is 2.89. The smallest absolute Gasteiger partial charge is 0.339 e. The van der Waals surface area contributed by atoms with Gasteiger partial charge in [0.2, 0.25) is 0 Å². The fourth-order valence-corrected chi connectivity index (χ4v) is 11.3. The van der Waals surface area contributed by atoms with Crippen LogP contribution >= 0.6 is 0 Å². The maximum atomic E-state index is 14.6. The Kier molecular flexibility index (Phi) is 6.16. The van der Waals surface area contributed by atoms with E-state index in [1.54, 1.807) is 13.0 Å². The number of esters is 1. The number of hydrogen-bond donors (Lipinski definition) is 2. The van der Waals surface area contributed by atoms with E-state index in [0.717, 1.165) is 24.8 Å². The van der Waals surface area contributed by atoms with Crippen LogP contribution in [0.5, 0.6) is 0 Å². The lowest BCUT2D eigenvalue weighted by molar-refractivity contribution is -0.164. The Balaban J connectivity index is 1.23. The number of aliphatic hydroxyl groups excluding tert-OH is 1. The number of benzene rings is 1. The zero-order chi connectivity index (χ0) is 30.6. The van der Waals surface area contributed by atoms with Gasteiger partial charge in [0.1, 0.15) is 11.9 Å². The van der Waals surface area contributed by atoms with E-state index in [4.69, 9.17) is 4.74 Å². The third-order valence-electron chi connectivity index (χ3n) is 13.6. The van der Waals surface area contributed by atoms with Gasteiger partial charge in [-0.1, -0.05) is 88.4 Å². The Morgan fingerprint density at radius 3 is 2.53 bits per heavy atom. The summed E-state index contributed by atoms with van der Waals surface area (Å²) < 4.78 is 5.64. The maximum Gasteiger partial charge on any atom is 0.339 e. The van der Waals surface area contributed by atoms with Crippen molar-refractivity contribution in [1.29, 1.82) is 0 Å². The summed E-state index contributed by atoms with van der Waals surface area (Å²) in [6, 6.07) is 10.4. The predicted octanol–water partition coefficient (Wildman–Crippen LogP) is 6.62. The van der Waals surface area contributed by atoms with Crippen LogP contribution in [0.25, 0.3) is 6.08 Å². The largest absolute Gasteiger partial charge is 0.456 e. The second-order valence-electron chi connectivity index (χ2n) is 15.7. The lowest BCUT2D eigenvalue weighted by Gasteiger charge is -2.63. The molecule has 6 aliphatic rings. The van der Waals surface area contributed by atoms with Crippen LogP contribution in [0.2, 0.25) is 0 Å². The molecule has 1 saturated heterocycles. The highest BCUT2D eigenvalue weighted by atomic mass is 16.6. The van der Waals surface area contributed by atoms with Crippen molar-refractivity contribution in [3.05, 3.63) is 77.4 Å². The van der Waals surface area contributed by atoms with Gasteiger partial charge < -0.3 is 14.9 Å². The van der Waals surface area contributed by atoms with Crippen LogP contribution in [0.15, 0.2) is 71.9 Å². The molecule has 7 rings (SSSR count). The summed E-state index contributed by atoms with van der Waals surface area (Å²) in [7, 11) is 0. The average Bonchev–Trinajstić information content (AvgIpc) is 3.41. The zero-order valence-corrected chi connectivity index (χ0v) is 26.2. The van der Waals surface area contributed by atoms with Crippen molar-refractivity contribution in [2.45, 2.75) is 84.8 Å². The molecule has 5 nitrogen and oxygen atoms in total. The van der Waals surface area contributed by atoms with Gasteiger partial charge in [0, 0.05) is 29.6 Å². The number of ether oxygens (including phenoxy) is 1. The molecule has 9 atom stereocenters. The average molecular weight is 583 g/mol. The third-order valence-corrected chi connectivity index (χ3v) is 13.6. The molecule has 1 aromatic carbocycles. The van der Waals surface area contributed by atoms with Crippen molar-refractivity contribution in [3.8, 4) is 0 Å². The first-order valence-electron chi connectivity index (χ1n) is 16.2. The summed E-state index contributed by atoms with van der Waals surface area (Å²) in [5.74, 6) is -0.158. The van der Waals surface area contributed by atoms with E-state index < -0.39 is 23.1 Å². The number of rotatable bonds is 5. The quantitative estimate of drug-likeness (QED) is 0.301. The molecule has 1 aromatic rings. The molecule has 3 saturated carbocycles. The molecule has 228 valence electrons. The summed E-state index contributed by atoms with van der Waals surface area (Å²) >= 11 is 0. The van der Waals surface area contributed by atoms with E-state index in [1.165, 1.54) is 11.1 Å². The molecule has 5 aliphatic carbocycles. The molecule has 0 amide bonds. The minimum absolute atomic E-state index is 0.0742. The molecule has 1 aliphatic heterocycles. The second kappa shape index (κ2) is 9.14. The monoisotopic (exact) mass is 582 g/mol. The second-order valence-corrected chi connectivity index (χ2v) is 15.7. The fourth-order valence-electron chi connectivity index (χ4n) is 11.3. The number of carbonyl (C=O) groups is 2. The van der Waals surface area contributed by atoms with E-state index in [0.29, 0.717) is 18.6 Å². The Bertz CT molecular complexity index is 1500. The minimum Gasteiger partial charge on any atom is -0.456 e. The van der Waals surface area contributed by atoms with Crippen LogP contribution in [-0.2, 0) is 14.3 Å². The first-order valence-corrected chi connectivity index (χ1v) is 16.2. The highest BCUT2D eigenvalue weighted by Gasteiger charge is 2.86. The summed E-state index contributed by atoms with van der Waals surface area (Å²) in [5.41, 5.74) is 0.256. The number of ketones is 1. The molecule has 2 N–H and O–H groups in total. The highest BCUT2D eigenvalue weighted by molar-refractivity contribution is 5.90. The van der Waals surface area contributed by atoms with Crippen LogP contribution in [0.1, 0.15) is 78.7 Å². The molecule has 0 bridgehead atoms. The van der Waals surface area contributed by atoms with Crippen LogP contribution in [0.4, 0.5) is 0 Å². The fraction of sp³-hybridized carbons (Fsp3) is 0.579. The Morgan fingerprint density at radius 1 is 1.07 bits per heavy atom. The van der Waals surface area contributed by atoms with Crippen LogP contribution in [-0.4, -0.2) is 40.3 Å². The molecule has 0 radical (unpaired) electrons. The lowest BCUT2D eigenvalue weighted by atomic mass is 9.39. The van der Waals surface area contributed by atoms with Crippen molar-refractivity contribution >= 4 is 17.8 Å².